The number of ether oxygens (including phenoxy) is 1. The Hall–Kier alpha value is -0.900. The number of methoxy groups -OCH3 is 1. The number of aryl methyl sites for hydroxylation is 2. The van der Waals surface area contributed by atoms with Gasteiger partial charge in [0.15, 0.2) is 0 Å². The molecule has 4 heteroatoms. The lowest BCUT2D eigenvalue weighted by molar-refractivity contribution is -0.139. The largest absolute Gasteiger partial charge is 0.469 e. The summed E-state index contributed by atoms with van der Waals surface area (Å²) < 4.78 is 4.54. The Kier molecular flexibility index (Phi) is 2.81. The number of thiazole rings is 1. The van der Waals surface area contributed by atoms with Crippen LogP contribution in [0.15, 0.2) is 0 Å². The van der Waals surface area contributed by atoms with Gasteiger partial charge in [-0.1, -0.05) is 0 Å². The molecule has 3 nitrogen and oxygen atoms in total. The summed E-state index contributed by atoms with van der Waals surface area (Å²) in [5, 5.41) is 0.992. The first-order chi connectivity index (χ1) is 5.63. The van der Waals surface area contributed by atoms with Crippen molar-refractivity contribution in [2.24, 2.45) is 0 Å². The summed E-state index contributed by atoms with van der Waals surface area (Å²) in [6.07, 6.45) is 0.284. The Bertz CT molecular complexity index is 293. The molecule has 1 aromatic heterocycles. The van der Waals surface area contributed by atoms with Gasteiger partial charge < -0.3 is 4.74 Å². The molecule has 0 aromatic carbocycles. The highest BCUT2D eigenvalue weighted by atomic mass is 32.1. The number of esters is 1. The Morgan fingerprint density at radius 3 is 2.67 bits per heavy atom. The van der Waals surface area contributed by atoms with Gasteiger partial charge in [-0.25, -0.2) is 4.98 Å². The van der Waals surface area contributed by atoms with Gasteiger partial charge >= 0.3 is 5.97 Å². The predicted octanol–water partition coefficient (Wildman–Crippen LogP) is 1.48. The monoisotopic (exact) mass is 185 g/mol. The first-order valence-electron chi connectivity index (χ1n) is 3.63. The van der Waals surface area contributed by atoms with Crippen molar-refractivity contribution in [3.63, 3.8) is 0 Å². The van der Waals surface area contributed by atoms with Gasteiger partial charge in [-0.2, -0.15) is 0 Å². The van der Waals surface area contributed by atoms with E-state index in [2.05, 4.69) is 9.72 Å². The van der Waals surface area contributed by atoms with Gasteiger partial charge in [0.25, 0.3) is 0 Å². The lowest BCUT2D eigenvalue weighted by Gasteiger charge is -1.95. The van der Waals surface area contributed by atoms with Crippen LogP contribution in [-0.4, -0.2) is 18.1 Å². The molecule has 0 amide bonds. The third-order valence-electron chi connectivity index (χ3n) is 1.54. The van der Waals surface area contributed by atoms with E-state index in [9.17, 15) is 4.79 Å². The average molecular weight is 185 g/mol. The summed E-state index contributed by atoms with van der Waals surface area (Å²) in [6.45, 7) is 3.89. The van der Waals surface area contributed by atoms with E-state index in [1.54, 1.807) is 11.3 Å². The molecule has 0 spiro atoms. The van der Waals surface area contributed by atoms with Crippen LogP contribution < -0.4 is 0 Å². The number of carbonyl (C=O) groups excluding carboxylic acids is 1. The first-order valence-corrected chi connectivity index (χ1v) is 4.45. The molecule has 0 radical (unpaired) electrons. The van der Waals surface area contributed by atoms with Gasteiger partial charge in [-0.3, -0.25) is 4.79 Å². The molecule has 0 atom stereocenters. The summed E-state index contributed by atoms with van der Waals surface area (Å²) in [5.74, 6) is -0.233. The fraction of sp³-hybridized carbons (Fsp3) is 0.500. The molecular weight excluding hydrogens is 174 g/mol. The van der Waals surface area contributed by atoms with Crippen LogP contribution >= 0.6 is 11.3 Å². The van der Waals surface area contributed by atoms with E-state index in [0.717, 1.165) is 15.6 Å². The molecule has 1 rings (SSSR count). The van der Waals surface area contributed by atoms with E-state index in [1.807, 2.05) is 13.8 Å². The van der Waals surface area contributed by atoms with Crippen LogP contribution in [0, 0.1) is 13.8 Å². The lowest BCUT2D eigenvalue weighted by Crippen LogP contribution is -2.05. The fourth-order valence-electron chi connectivity index (χ4n) is 0.945. The Morgan fingerprint density at radius 1 is 1.58 bits per heavy atom. The Balaban J connectivity index is 2.75. The van der Waals surface area contributed by atoms with Crippen molar-refractivity contribution in [1.29, 1.82) is 0 Å². The second-order valence-electron chi connectivity index (χ2n) is 2.49. The maximum atomic E-state index is 10.9. The Labute approximate surface area is 75.4 Å². The molecule has 0 bridgehead atoms. The number of hydrogen-bond acceptors (Lipinski definition) is 4. The average Bonchev–Trinajstić information content (AvgIpc) is 2.30. The van der Waals surface area contributed by atoms with E-state index >= 15 is 0 Å². The minimum Gasteiger partial charge on any atom is -0.469 e. The number of carbonyl (C=O) groups is 1. The van der Waals surface area contributed by atoms with Crippen molar-refractivity contribution >= 4 is 17.3 Å². The standard InChI is InChI=1S/C8H11NO2S/c1-5-7(4-8(10)11-3)9-6(2)12-5/h4H2,1-3H3. The van der Waals surface area contributed by atoms with Crippen LogP contribution in [0.2, 0.25) is 0 Å². The first kappa shape index (κ1) is 9.19. The SMILES string of the molecule is COC(=O)Cc1nc(C)sc1C. The van der Waals surface area contributed by atoms with E-state index in [1.165, 1.54) is 7.11 Å². The Morgan fingerprint density at radius 2 is 2.25 bits per heavy atom. The second kappa shape index (κ2) is 3.67. The second-order valence-corrected chi connectivity index (χ2v) is 3.90. The molecule has 12 heavy (non-hydrogen) atoms. The van der Waals surface area contributed by atoms with Gasteiger partial charge in [0, 0.05) is 4.88 Å². The zero-order valence-corrected chi connectivity index (χ0v) is 8.20. The van der Waals surface area contributed by atoms with Gasteiger partial charge in [0.1, 0.15) is 0 Å². The molecule has 0 saturated heterocycles. The van der Waals surface area contributed by atoms with Gasteiger partial charge in [-0.15, -0.1) is 11.3 Å². The minimum absolute atomic E-state index is 0.233. The number of aromatic nitrogens is 1. The summed E-state index contributed by atoms with van der Waals surface area (Å²) in [5.41, 5.74) is 0.837. The highest BCUT2D eigenvalue weighted by Gasteiger charge is 2.09. The van der Waals surface area contributed by atoms with E-state index in [0.29, 0.717) is 0 Å². The van der Waals surface area contributed by atoms with Crippen molar-refractivity contribution in [3.05, 3.63) is 15.6 Å². The smallest absolute Gasteiger partial charge is 0.311 e. The van der Waals surface area contributed by atoms with Crippen molar-refractivity contribution in [2.45, 2.75) is 20.3 Å². The maximum absolute atomic E-state index is 10.9. The molecule has 0 N–H and O–H groups in total. The van der Waals surface area contributed by atoms with Gasteiger partial charge in [0.2, 0.25) is 0 Å². The number of hydrogen-bond donors (Lipinski definition) is 0. The van der Waals surface area contributed by atoms with Crippen LogP contribution in [0.5, 0.6) is 0 Å². The molecule has 0 aliphatic heterocycles. The minimum atomic E-state index is -0.233. The molecule has 0 saturated carbocycles. The van der Waals surface area contributed by atoms with Gasteiger partial charge in [-0.05, 0) is 13.8 Å². The zero-order chi connectivity index (χ0) is 9.14. The normalized spacial score (nSPS) is 9.92. The van der Waals surface area contributed by atoms with Crippen LogP contribution in [-0.2, 0) is 16.0 Å². The van der Waals surface area contributed by atoms with E-state index < -0.39 is 0 Å². The number of nitrogens with zero attached hydrogens (tertiary/aromatic N) is 1. The lowest BCUT2D eigenvalue weighted by atomic mass is 10.3. The third kappa shape index (κ3) is 2.04. The maximum Gasteiger partial charge on any atom is 0.311 e. The molecule has 0 fully saturated rings. The number of rotatable bonds is 2. The van der Waals surface area contributed by atoms with E-state index in [4.69, 9.17) is 0 Å². The highest BCUT2D eigenvalue weighted by molar-refractivity contribution is 7.11. The predicted molar refractivity (Wildman–Crippen MR) is 47.3 cm³/mol. The summed E-state index contributed by atoms with van der Waals surface area (Å²) in [4.78, 5) is 16.2. The summed E-state index contributed by atoms with van der Waals surface area (Å²) >= 11 is 1.60. The molecule has 1 aromatic rings. The topological polar surface area (TPSA) is 39.2 Å². The molecule has 0 aliphatic rings. The van der Waals surface area contributed by atoms with Crippen molar-refractivity contribution < 1.29 is 9.53 Å². The molecule has 66 valence electrons. The molecular formula is C8H11NO2S. The van der Waals surface area contributed by atoms with Crippen LogP contribution in [0.3, 0.4) is 0 Å². The van der Waals surface area contributed by atoms with Crippen molar-refractivity contribution in [3.8, 4) is 0 Å². The van der Waals surface area contributed by atoms with Crippen LogP contribution in [0.4, 0.5) is 0 Å². The summed E-state index contributed by atoms with van der Waals surface area (Å²) in [7, 11) is 1.39. The quantitative estimate of drug-likeness (QED) is 0.655. The highest BCUT2D eigenvalue weighted by Crippen LogP contribution is 2.16. The summed E-state index contributed by atoms with van der Waals surface area (Å²) in [6, 6.07) is 0. The molecule has 0 aliphatic carbocycles. The zero-order valence-electron chi connectivity index (χ0n) is 7.38. The molecule has 1 heterocycles. The van der Waals surface area contributed by atoms with Crippen LogP contribution in [0.25, 0.3) is 0 Å². The van der Waals surface area contributed by atoms with Crippen molar-refractivity contribution in [2.75, 3.05) is 7.11 Å². The van der Waals surface area contributed by atoms with Crippen LogP contribution in [0.1, 0.15) is 15.6 Å². The van der Waals surface area contributed by atoms with Gasteiger partial charge in [0.05, 0.1) is 24.2 Å². The van der Waals surface area contributed by atoms with Crippen molar-refractivity contribution in [1.82, 2.24) is 4.98 Å². The molecule has 0 unspecified atom stereocenters. The third-order valence-corrected chi connectivity index (χ3v) is 2.47. The fourth-order valence-corrected chi connectivity index (χ4v) is 1.78. The van der Waals surface area contributed by atoms with E-state index in [-0.39, 0.29) is 12.4 Å².